The Morgan fingerprint density at radius 3 is 1.85 bits per heavy atom. The number of fused-ring (bicyclic) bond motifs is 4. The van der Waals surface area contributed by atoms with E-state index in [1.807, 2.05) is 6.92 Å². The van der Waals surface area contributed by atoms with E-state index >= 15 is 0 Å². The highest BCUT2D eigenvalue weighted by Gasteiger charge is 2.80. The highest BCUT2D eigenvalue weighted by molar-refractivity contribution is 5.89. The Morgan fingerprint density at radius 2 is 1.20 bits per heavy atom. The molecule has 0 radical (unpaired) electrons. The van der Waals surface area contributed by atoms with E-state index < -0.39 is 170 Å². The summed E-state index contributed by atoms with van der Waals surface area (Å²) in [5.74, 6) is 0.567. The second-order valence-corrected chi connectivity index (χ2v) is 26.0. The fourth-order valence-corrected chi connectivity index (χ4v) is 17.3. The van der Waals surface area contributed by atoms with E-state index in [4.69, 9.17) is 42.6 Å². The van der Waals surface area contributed by atoms with Crippen LogP contribution in [0.5, 0.6) is 0 Å². The molecule has 5 saturated heterocycles. The van der Waals surface area contributed by atoms with Crippen molar-refractivity contribution in [1.82, 2.24) is 0 Å². The summed E-state index contributed by atoms with van der Waals surface area (Å²) >= 11 is 0. The normalized spacial score (nSPS) is 57.5. The Labute approximate surface area is 437 Å². The molecule has 428 valence electrons. The molecular weight excluding hydrogens is 989 g/mol. The zero-order chi connectivity index (χ0) is 54.3. The van der Waals surface area contributed by atoms with E-state index in [0.717, 1.165) is 38.4 Å². The molecule has 11 N–H and O–H groups in total. The number of carbonyl (C=O) groups is 2. The van der Waals surface area contributed by atoms with E-state index in [1.165, 1.54) is 6.92 Å². The van der Waals surface area contributed by atoms with Gasteiger partial charge in [-0.2, -0.15) is 0 Å². The number of carbonyl (C=O) groups excluding carboxylic acids is 2. The van der Waals surface area contributed by atoms with Gasteiger partial charge in [-0.05, 0) is 92.8 Å². The number of ketones is 1. The van der Waals surface area contributed by atoms with Gasteiger partial charge in [0.15, 0.2) is 25.2 Å². The number of aldehydes is 1. The third-order valence-corrected chi connectivity index (χ3v) is 22.1. The average Bonchev–Trinajstić information content (AvgIpc) is 3.66. The molecule has 10 aliphatic rings. The molecule has 10 fully saturated rings. The second kappa shape index (κ2) is 19.9. The monoisotopic (exact) mass is 1070 g/mol. The molecule has 0 aromatic carbocycles. The fourth-order valence-electron chi connectivity index (χ4n) is 17.3. The maximum atomic E-state index is 14.7. The first-order valence-corrected chi connectivity index (χ1v) is 27.4. The zero-order valence-corrected chi connectivity index (χ0v) is 44.2. The molecule has 2 bridgehead atoms. The highest BCUT2D eigenvalue weighted by Crippen LogP contribution is 2.80. The number of aliphatic hydroxyl groups is 11. The van der Waals surface area contributed by atoms with Crippen molar-refractivity contribution in [2.24, 2.45) is 50.2 Å². The minimum absolute atomic E-state index is 0.0279. The Bertz CT molecular complexity index is 2100. The molecular formula is C53H84O22. The minimum Gasteiger partial charge on any atom is -0.394 e. The summed E-state index contributed by atoms with van der Waals surface area (Å²) < 4.78 is 56.1. The second-order valence-electron chi connectivity index (χ2n) is 26.0. The van der Waals surface area contributed by atoms with Gasteiger partial charge < -0.3 is 104 Å². The molecule has 10 rings (SSSR count). The van der Waals surface area contributed by atoms with Gasteiger partial charge >= 0.3 is 0 Å². The van der Waals surface area contributed by atoms with Crippen molar-refractivity contribution in [2.45, 2.75) is 241 Å². The standard InChI is InChI=1S/C53H84O22/c1-23-32(58)36(62)39(65)43(69-23)75-42-38(64)34(60)25(19-55)71-46(42)72-26-20-67-45(41(35(26)61)74-44-40(66)37(63)33(59)24(18-54)70-44)73-31-10-11-49(5)27(47(31,2)3)8-12-50(6)28(49)9-13-53-29-16-48(4,21-56)14-15-52(29,22-68-53)30(57)17-51(50,53)7/h21,23-29,31-46,54-55,58-66H,8-20,22H2,1-7H3/t23-,24+,25+,26-,27-,28+,29+,31-,32-,33+,34+,35-,36+,37-,38-,39+,40+,41+,42+,43-,44-,45-,46-,48-,49-,50+,51-,52+,53-/m0/s1. The van der Waals surface area contributed by atoms with Crippen LogP contribution in [0, 0.1) is 50.2 Å². The van der Waals surface area contributed by atoms with Crippen molar-refractivity contribution in [3.05, 3.63) is 0 Å². The highest BCUT2D eigenvalue weighted by atomic mass is 16.8. The Kier molecular flexibility index (Phi) is 15.1. The number of rotatable bonds is 11. The van der Waals surface area contributed by atoms with Crippen LogP contribution in [0.1, 0.15) is 113 Å². The lowest BCUT2D eigenvalue weighted by atomic mass is 9.30. The third kappa shape index (κ3) is 8.46. The van der Waals surface area contributed by atoms with Crippen LogP contribution in [0.4, 0.5) is 0 Å². The smallest absolute Gasteiger partial charge is 0.187 e. The van der Waals surface area contributed by atoms with Crippen LogP contribution in [0.15, 0.2) is 0 Å². The van der Waals surface area contributed by atoms with Gasteiger partial charge in [0.05, 0.1) is 49.7 Å². The largest absolute Gasteiger partial charge is 0.394 e. The first-order chi connectivity index (χ1) is 35.2. The average molecular weight is 1070 g/mol. The van der Waals surface area contributed by atoms with E-state index in [2.05, 4.69) is 34.6 Å². The van der Waals surface area contributed by atoms with Gasteiger partial charge in [-0.25, -0.2) is 0 Å². The number of Topliss-reactive ketones (excluding diaryl/α,β-unsaturated/α-hetero) is 1. The van der Waals surface area contributed by atoms with E-state index in [-0.39, 0.29) is 34.4 Å². The van der Waals surface area contributed by atoms with Crippen LogP contribution in [0.3, 0.4) is 0 Å². The molecule has 75 heavy (non-hydrogen) atoms. The summed E-state index contributed by atoms with van der Waals surface area (Å²) in [6.07, 6.45) is -23.5. The summed E-state index contributed by atoms with van der Waals surface area (Å²) in [6, 6.07) is 0. The van der Waals surface area contributed by atoms with Crippen molar-refractivity contribution in [3.8, 4) is 0 Å². The molecule has 22 nitrogen and oxygen atoms in total. The van der Waals surface area contributed by atoms with Crippen LogP contribution in [-0.4, -0.2) is 223 Å². The lowest BCUT2D eigenvalue weighted by molar-refractivity contribution is -0.394. The van der Waals surface area contributed by atoms with E-state index in [1.54, 1.807) is 0 Å². The molecule has 29 atom stereocenters. The molecule has 5 aliphatic carbocycles. The third-order valence-electron chi connectivity index (χ3n) is 22.1. The van der Waals surface area contributed by atoms with Crippen molar-refractivity contribution >= 4 is 12.1 Å². The quantitative estimate of drug-likeness (QED) is 0.0847. The van der Waals surface area contributed by atoms with Crippen molar-refractivity contribution in [2.75, 3.05) is 26.4 Å². The lowest BCUT2D eigenvalue weighted by Crippen LogP contribution is -2.73. The molecule has 22 heteroatoms. The summed E-state index contributed by atoms with van der Waals surface area (Å²) in [4.78, 5) is 27.2. The lowest BCUT2D eigenvalue weighted by Gasteiger charge is -2.74. The molecule has 0 unspecified atom stereocenters. The maximum absolute atomic E-state index is 14.7. The first kappa shape index (κ1) is 56.8. The SMILES string of the molecule is C[C@@H]1O[C@@H](O[C@H]2[C@H](O[C@H]3CO[C@@H](O[C@H]4CC[C@]5(C)[C@H]6CC[C@]78OC[C@@]9(CC[C@](C)(C=O)C[C@H]97)C(=O)C[C@@]8(C)[C@]6(C)CC[C@H]5C4(C)C)[C@H](O[C@@H]4O[C@H](CO)[C@@H](O)[C@H](O)[C@H]4O)[C@H]3O)O[C@H](CO)[C@@H](O)[C@@H]2O)[C@H](O)[C@H](O)[C@H]1O. The Balaban J connectivity index is 0.903. The van der Waals surface area contributed by atoms with Gasteiger partial charge in [0.25, 0.3) is 0 Å². The van der Waals surface area contributed by atoms with Gasteiger partial charge in [0.2, 0.25) is 0 Å². The van der Waals surface area contributed by atoms with Crippen molar-refractivity contribution in [3.63, 3.8) is 0 Å². The van der Waals surface area contributed by atoms with Gasteiger partial charge in [0.1, 0.15) is 97.5 Å². The predicted molar refractivity (Wildman–Crippen MR) is 254 cm³/mol. The summed E-state index contributed by atoms with van der Waals surface area (Å²) in [5.41, 5.74) is -3.08. The molecule has 5 heterocycles. The Morgan fingerprint density at radius 1 is 0.600 bits per heavy atom. The van der Waals surface area contributed by atoms with Gasteiger partial charge in [-0.1, -0.05) is 41.5 Å². The first-order valence-electron chi connectivity index (χ1n) is 27.4. The summed E-state index contributed by atoms with van der Waals surface area (Å²) in [7, 11) is 0. The molecule has 1 spiro atoms. The van der Waals surface area contributed by atoms with Crippen molar-refractivity contribution < 1.29 is 108 Å². The molecule has 5 saturated carbocycles. The zero-order valence-electron chi connectivity index (χ0n) is 44.2. The summed E-state index contributed by atoms with van der Waals surface area (Å²) in [6.45, 7) is 13.3. The van der Waals surface area contributed by atoms with Crippen LogP contribution >= 0.6 is 0 Å². The number of hydrogen-bond acceptors (Lipinski definition) is 22. The minimum atomic E-state index is -1.89. The predicted octanol–water partition coefficient (Wildman–Crippen LogP) is -1.30. The van der Waals surface area contributed by atoms with Crippen LogP contribution < -0.4 is 0 Å². The van der Waals surface area contributed by atoms with Crippen LogP contribution in [-0.2, 0) is 52.2 Å². The number of hydrogen-bond donors (Lipinski definition) is 11. The van der Waals surface area contributed by atoms with Gasteiger partial charge in [-0.15, -0.1) is 0 Å². The van der Waals surface area contributed by atoms with Crippen LogP contribution in [0.2, 0.25) is 0 Å². The summed E-state index contributed by atoms with van der Waals surface area (Å²) in [5, 5.41) is 119. The Hall–Kier alpha value is -1.46. The number of aliphatic hydroxyl groups excluding tert-OH is 11. The number of ether oxygens (including phenoxy) is 9. The topological polar surface area (TPSA) is 340 Å². The van der Waals surface area contributed by atoms with Crippen LogP contribution in [0.25, 0.3) is 0 Å². The van der Waals surface area contributed by atoms with E-state index in [9.17, 15) is 65.8 Å². The van der Waals surface area contributed by atoms with E-state index in [0.29, 0.717) is 38.7 Å². The fraction of sp³-hybridized carbons (Fsp3) is 0.962. The van der Waals surface area contributed by atoms with Gasteiger partial charge in [-0.3, -0.25) is 4.79 Å². The molecule has 0 aromatic heterocycles. The van der Waals surface area contributed by atoms with Crippen molar-refractivity contribution in [1.29, 1.82) is 0 Å². The molecule has 0 aromatic rings. The van der Waals surface area contributed by atoms with Gasteiger partial charge in [0, 0.05) is 23.2 Å². The molecule has 0 amide bonds. The molecule has 5 aliphatic heterocycles. The maximum Gasteiger partial charge on any atom is 0.187 e.